The average molecular weight is 533 g/mol. The zero-order chi connectivity index (χ0) is 24.1. The van der Waals surface area contributed by atoms with Gasteiger partial charge < -0.3 is 14.0 Å². The van der Waals surface area contributed by atoms with Crippen molar-refractivity contribution in [3.05, 3.63) is 71.3 Å². The highest BCUT2D eigenvalue weighted by Crippen LogP contribution is 2.36. The minimum Gasteiger partial charge on any atom is -0.493 e. The first-order chi connectivity index (χ1) is 16.5. The lowest BCUT2D eigenvalue weighted by molar-refractivity contribution is -0.114. The van der Waals surface area contributed by atoms with E-state index in [4.69, 9.17) is 26.1 Å². The summed E-state index contributed by atoms with van der Waals surface area (Å²) in [4.78, 5) is 23.9. The van der Waals surface area contributed by atoms with Gasteiger partial charge in [0, 0.05) is 31.6 Å². The van der Waals surface area contributed by atoms with E-state index < -0.39 is 0 Å². The van der Waals surface area contributed by atoms with Gasteiger partial charge in [0.05, 0.1) is 35.8 Å². The number of nitrogens with zero attached hydrogens (tertiary/aromatic N) is 4. The number of halogens is 2. The number of rotatable bonds is 9. The van der Waals surface area contributed by atoms with Crippen LogP contribution >= 0.6 is 35.3 Å². The number of fused-ring (bicyclic) bond motifs is 1. The van der Waals surface area contributed by atoms with Gasteiger partial charge >= 0.3 is 0 Å². The van der Waals surface area contributed by atoms with Crippen molar-refractivity contribution in [3.63, 3.8) is 0 Å². The molecule has 0 N–H and O–H groups in total. The number of carbonyl (C=O) groups is 1. The first-order valence-corrected chi connectivity index (χ1v) is 11.9. The second-order valence-electron chi connectivity index (χ2n) is 7.63. The fourth-order valence-corrected chi connectivity index (χ4v) is 4.90. The molecule has 10 heteroatoms. The van der Waals surface area contributed by atoms with E-state index in [1.165, 1.54) is 11.3 Å². The minimum absolute atomic E-state index is 0. The van der Waals surface area contributed by atoms with Crippen LogP contribution in [0.2, 0.25) is 5.02 Å². The summed E-state index contributed by atoms with van der Waals surface area (Å²) < 4.78 is 13.5. The molecule has 2 heterocycles. The predicted octanol–water partition coefficient (Wildman–Crippen LogP) is 6.03. The van der Waals surface area contributed by atoms with E-state index in [-0.39, 0.29) is 18.3 Å². The summed E-state index contributed by atoms with van der Waals surface area (Å²) >= 11 is 7.84. The van der Waals surface area contributed by atoms with E-state index in [1.807, 2.05) is 48.0 Å². The van der Waals surface area contributed by atoms with E-state index >= 15 is 0 Å². The molecule has 4 rings (SSSR count). The number of hydrogen-bond acceptors (Lipinski definition) is 6. The molecule has 0 saturated carbocycles. The van der Waals surface area contributed by atoms with Crippen LogP contribution in [0.4, 0.5) is 5.13 Å². The highest BCUT2D eigenvalue weighted by molar-refractivity contribution is 7.23. The van der Waals surface area contributed by atoms with Gasteiger partial charge in [-0.05, 0) is 48.7 Å². The number of benzene rings is 2. The van der Waals surface area contributed by atoms with E-state index in [0.717, 1.165) is 34.3 Å². The quantitative estimate of drug-likeness (QED) is 0.246. The van der Waals surface area contributed by atoms with Crippen molar-refractivity contribution in [3.8, 4) is 11.5 Å². The maximum atomic E-state index is 13.3. The number of thiazole rings is 1. The molecule has 7 nitrogen and oxygen atoms in total. The van der Waals surface area contributed by atoms with Crippen molar-refractivity contribution in [2.75, 3.05) is 25.7 Å². The van der Waals surface area contributed by atoms with Crippen LogP contribution in [-0.4, -0.2) is 41.2 Å². The van der Waals surface area contributed by atoms with Crippen LogP contribution in [0.3, 0.4) is 0 Å². The van der Waals surface area contributed by atoms with Crippen LogP contribution < -0.4 is 14.4 Å². The summed E-state index contributed by atoms with van der Waals surface area (Å²) in [5.41, 5.74) is 2.67. The molecule has 184 valence electrons. The molecule has 0 saturated heterocycles. The predicted molar refractivity (Wildman–Crippen MR) is 144 cm³/mol. The van der Waals surface area contributed by atoms with Gasteiger partial charge in [-0.1, -0.05) is 35.1 Å². The van der Waals surface area contributed by atoms with Crippen LogP contribution in [0.1, 0.15) is 17.5 Å². The number of methoxy groups -OCH3 is 2. The Balaban J connectivity index is 0.00000342. The van der Waals surface area contributed by atoms with E-state index in [1.54, 1.807) is 43.8 Å². The molecule has 35 heavy (non-hydrogen) atoms. The van der Waals surface area contributed by atoms with Gasteiger partial charge in [0.1, 0.15) is 0 Å². The molecule has 0 aliphatic carbocycles. The lowest BCUT2D eigenvalue weighted by Crippen LogP contribution is -2.30. The second-order valence-corrected chi connectivity index (χ2v) is 9.01. The van der Waals surface area contributed by atoms with Crippen molar-refractivity contribution >= 4 is 62.7 Å². The number of ether oxygens (including phenoxy) is 2. The molecule has 0 radical (unpaired) electrons. The third-order valence-corrected chi connectivity index (χ3v) is 6.90. The van der Waals surface area contributed by atoms with Crippen LogP contribution in [-0.2, 0) is 11.3 Å². The Hall–Kier alpha value is -3.07. The molecule has 0 spiro atoms. The summed E-state index contributed by atoms with van der Waals surface area (Å²) in [5.74, 6) is 1.08. The Bertz CT molecular complexity index is 1280. The number of anilines is 1. The zero-order valence-electron chi connectivity index (χ0n) is 19.6. The van der Waals surface area contributed by atoms with Crippen molar-refractivity contribution in [1.82, 2.24) is 14.5 Å². The molecule has 2 aromatic carbocycles. The minimum atomic E-state index is -0.159. The molecule has 0 unspecified atom stereocenters. The van der Waals surface area contributed by atoms with Crippen molar-refractivity contribution < 1.29 is 14.3 Å². The lowest BCUT2D eigenvalue weighted by Gasteiger charge is -2.18. The smallest absolute Gasteiger partial charge is 0.252 e. The van der Waals surface area contributed by atoms with Gasteiger partial charge in [-0.2, -0.15) is 0 Å². The number of aromatic nitrogens is 3. The van der Waals surface area contributed by atoms with Gasteiger partial charge in [-0.25, -0.2) is 9.97 Å². The maximum Gasteiger partial charge on any atom is 0.252 e. The SMILES string of the molecule is COc1ccc(/C=C/C(=O)N(CCCn2ccnc2)c2nc3c(C)ccc(Cl)c3s2)cc1OC.Cl. The molecular weight excluding hydrogens is 507 g/mol. The summed E-state index contributed by atoms with van der Waals surface area (Å²) in [6.07, 6.45) is 9.48. The largest absolute Gasteiger partial charge is 0.493 e. The highest BCUT2D eigenvalue weighted by atomic mass is 35.5. The summed E-state index contributed by atoms with van der Waals surface area (Å²) in [6, 6.07) is 9.31. The average Bonchev–Trinajstić information content (AvgIpc) is 3.53. The summed E-state index contributed by atoms with van der Waals surface area (Å²) in [7, 11) is 3.17. The molecular formula is C25H26Cl2N4O3S. The topological polar surface area (TPSA) is 69.5 Å². The number of imidazole rings is 1. The van der Waals surface area contributed by atoms with Gasteiger partial charge in [-0.15, -0.1) is 12.4 Å². The van der Waals surface area contributed by atoms with Crippen molar-refractivity contribution in [2.45, 2.75) is 19.9 Å². The van der Waals surface area contributed by atoms with Gasteiger partial charge in [0.25, 0.3) is 5.91 Å². The molecule has 0 fully saturated rings. The number of amides is 1. The molecule has 4 aromatic rings. The molecule has 0 atom stereocenters. The van der Waals surface area contributed by atoms with Gasteiger partial charge in [0.15, 0.2) is 16.6 Å². The van der Waals surface area contributed by atoms with Crippen LogP contribution in [0.25, 0.3) is 16.3 Å². The Kier molecular flexibility index (Phi) is 9.14. The number of aryl methyl sites for hydroxylation is 2. The third kappa shape index (κ3) is 6.14. The molecule has 2 aromatic heterocycles. The lowest BCUT2D eigenvalue weighted by atomic mass is 10.2. The molecule has 0 aliphatic heterocycles. The number of carbonyl (C=O) groups excluding carboxylic acids is 1. The summed E-state index contributed by atoms with van der Waals surface area (Å²) in [5, 5.41) is 1.26. The Morgan fingerprint density at radius 1 is 1.20 bits per heavy atom. The zero-order valence-corrected chi connectivity index (χ0v) is 22.0. The monoisotopic (exact) mass is 532 g/mol. The molecule has 0 aliphatic rings. The molecule has 0 bridgehead atoms. The second kappa shape index (κ2) is 12.1. The fourth-order valence-electron chi connectivity index (χ4n) is 3.55. The van der Waals surface area contributed by atoms with Gasteiger partial charge in [-0.3, -0.25) is 9.69 Å². The van der Waals surface area contributed by atoms with Crippen molar-refractivity contribution in [1.29, 1.82) is 0 Å². The standard InChI is InChI=1S/C25H25ClN4O3S.ClH/c1-17-5-8-19(26)24-23(17)28-25(34-24)30(13-4-12-29-14-11-27-16-29)22(31)10-7-18-6-9-20(32-2)21(15-18)33-3;/h5-11,14-16H,4,12-13H2,1-3H3;1H/b10-7+;. The Labute approximate surface area is 219 Å². The van der Waals surface area contributed by atoms with Crippen LogP contribution in [0.5, 0.6) is 11.5 Å². The summed E-state index contributed by atoms with van der Waals surface area (Å²) in [6.45, 7) is 3.24. The van der Waals surface area contributed by atoms with E-state index in [9.17, 15) is 4.79 Å². The number of hydrogen-bond donors (Lipinski definition) is 0. The first kappa shape index (κ1) is 26.5. The molecule has 1 amide bonds. The fraction of sp³-hybridized carbons (Fsp3) is 0.240. The third-order valence-electron chi connectivity index (χ3n) is 5.37. The first-order valence-electron chi connectivity index (χ1n) is 10.7. The highest BCUT2D eigenvalue weighted by Gasteiger charge is 2.19. The maximum absolute atomic E-state index is 13.3. The normalized spacial score (nSPS) is 11.0. The van der Waals surface area contributed by atoms with Crippen LogP contribution in [0.15, 0.2) is 55.1 Å². The van der Waals surface area contributed by atoms with Crippen LogP contribution in [0, 0.1) is 6.92 Å². The van der Waals surface area contributed by atoms with Crippen molar-refractivity contribution in [2.24, 2.45) is 0 Å². The van der Waals surface area contributed by atoms with E-state index in [0.29, 0.717) is 28.2 Å². The Morgan fingerprint density at radius 2 is 2.00 bits per heavy atom. The van der Waals surface area contributed by atoms with Gasteiger partial charge in [0.2, 0.25) is 0 Å². The Morgan fingerprint density at radius 3 is 2.69 bits per heavy atom. The van der Waals surface area contributed by atoms with E-state index in [2.05, 4.69) is 4.98 Å².